The summed E-state index contributed by atoms with van der Waals surface area (Å²) in [6, 6.07) is 11.5. The van der Waals surface area contributed by atoms with Gasteiger partial charge in [-0.05, 0) is 80.4 Å². The predicted octanol–water partition coefficient (Wildman–Crippen LogP) is 3.45. The number of aryl methyl sites for hydroxylation is 2. The number of rotatable bonds is 2. The van der Waals surface area contributed by atoms with Crippen molar-refractivity contribution in [3.8, 4) is 16.9 Å². The molecule has 0 unspecified atom stereocenters. The Morgan fingerprint density at radius 3 is 2.52 bits per heavy atom. The molecule has 1 N–H and O–H groups in total. The molecular weight excluding hydrogens is 312 g/mol. The quantitative estimate of drug-likeness (QED) is 0.912. The SMILES string of the molecule is Cc1cc(-c2cc(C(=O)N3CCCN(C)CC3)ccc2C)ccc1O. The zero-order valence-corrected chi connectivity index (χ0v) is 15.2. The summed E-state index contributed by atoms with van der Waals surface area (Å²) in [5, 5.41) is 9.76. The number of likely N-dealkylation sites (N-methyl/N-ethyl adjacent to an activating group) is 1. The first kappa shape index (κ1) is 17.5. The lowest BCUT2D eigenvalue weighted by Gasteiger charge is -2.21. The summed E-state index contributed by atoms with van der Waals surface area (Å²) in [5.74, 6) is 0.398. The van der Waals surface area contributed by atoms with Crippen LogP contribution in [0.4, 0.5) is 0 Å². The van der Waals surface area contributed by atoms with Crippen molar-refractivity contribution >= 4 is 5.91 Å². The van der Waals surface area contributed by atoms with Crippen LogP contribution in [0.3, 0.4) is 0 Å². The van der Waals surface area contributed by atoms with Crippen LogP contribution < -0.4 is 0 Å². The molecule has 0 saturated carbocycles. The van der Waals surface area contributed by atoms with E-state index in [2.05, 4.69) is 11.9 Å². The van der Waals surface area contributed by atoms with Crippen molar-refractivity contribution in [1.82, 2.24) is 9.80 Å². The van der Waals surface area contributed by atoms with Gasteiger partial charge in [-0.15, -0.1) is 0 Å². The van der Waals surface area contributed by atoms with Crippen molar-refractivity contribution in [1.29, 1.82) is 0 Å². The van der Waals surface area contributed by atoms with Gasteiger partial charge in [-0.2, -0.15) is 0 Å². The van der Waals surface area contributed by atoms with Crippen LogP contribution in [0.1, 0.15) is 27.9 Å². The molecule has 0 bridgehead atoms. The summed E-state index contributed by atoms with van der Waals surface area (Å²) in [7, 11) is 2.10. The van der Waals surface area contributed by atoms with Crippen LogP contribution in [-0.2, 0) is 0 Å². The van der Waals surface area contributed by atoms with Crippen molar-refractivity contribution in [3.63, 3.8) is 0 Å². The van der Waals surface area contributed by atoms with Crippen LogP contribution in [-0.4, -0.2) is 54.0 Å². The lowest BCUT2D eigenvalue weighted by atomic mass is 9.96. The molecule has 132 valence electrons. The number of hydrogen-bond acceptors (Lipinski definition) is 3. The summed E-state index contributed by atoms with van der Waals surface area (Å²) < 4.78 is 0. The van der Waals surface area contributed by atoms with E-state index in [0.717, 1.165) is 60.4 Å². The normalized spacial score (nSPS) is 15.9. The summed E-state index contributed by atoms with van der Waals surface area (Å²) in [6.45, 7) is 7.47. The monoisotopic (exact) mass is 338 g/mol. The van der Waals surface area contributed by atoms with E-state index in [9.17, 15) is 9.90 Å². The van der Waals surface area contributed by atoms with Gasteiger partial charge in [-0.1, -0.05) is 12.1 Å². The maximum absolute atomic E-state index is 12.9. The molecule has 1 aliphatic rings. The summed E-state index contributed by atoms with van der Waals surface area (Å²) in [6.07, 6.45) is 1.01. The zero-order chi connectivity index (χ0) is 18.0. The number of hydrogen-bond donors (Lipinski definition) is 1. The van der Waals surface area contributed by atoms with Gasteiger partial charge in [-0.3, -0.25) is 4.79 Å². The zero-order valence-electron chi connectivity index (χ0n) is 15.2. The van der Waals surface area contributed by atoms with E-state index in [-0.39, 0.29) is 5.91 Å². The molecule has 1 fully saturated rings. The first-order chi connectivity index (χ1) is 12.0. The summed E-state index contributed by atoms with van der Waals surface area (Å²) in [4.78, 5) is 17.2. The number of nitrogens with zero attached hydrogens (tertiary/aromatic N) is 2. The van der Waals surface area contributed by atoms with Gasteiger partial charge >= 0.3 is 0 Å². The second kappa shape index (κ2) is 7.28. The molecule has 0 atom stereocenters. The molecule has 4 heteroatoms. The molecule has 0 aliphatic carbocycles. The number of phenolic OH excluding ortho intramolecular Hbond substituents is 1. The van der Waals surface area contributed by atoms with Gasteiger partial charge in [-0.25, -0.2) is 0 Å². The molecule has 0 spiro atoms. The van der Waals surface area contributed by atoms with Crippen molar-refractivity contribution in [2.45, 2.75) is 20.3 Å². The Balaban J connectivity index is 1.90. The third kappa shape index (κ3) is 3.85. The highest BCUT2D eigenvalue weighted by Crippen LogP contribution is 2.29. The Hall–Kier alpha value is -2.33. The third-order valence-electron chi connectivity index (χ3n) is 5.00. The van der Waals surface area contributed by atoms with Crippen LogP contribution in [0.2, 0.25) is 0 Å². The number of carbonyl (C=O) groups is 1. The maximum Gasteiger partial charge on any atom is 0.253 e. The Kier molecular flexibility index (Phi) is 5.09. The fraction of sp³-hybridized carbons (Fsp3) is 0.381. The fourth-order valence-electron chi connectivity index (χ4n) is 3.32. The van der Waals surface area contributed by atoms with E-state index in [1.54, 1.807) is 6.07 Å². The number of carbonyl (C=O) groups excluding carboxylic acids is 1. The smallest absolute Gasteiger partial charge is 0.253 e. The molecule has 1 aliphatic heterocycles. The highest BCUT2D eigenvalue weighted by Gasteiger charge is 2.19. The Labute approximate surface area is 149 Å². The van der Waals surface area contributed by atoms with Crippen LogP contribution in [0.5, 0.6) is 5.75 Å². The predicted molar refractivity (Wildman–Crippen MR) is 101 cm³/mol. The molecule has 2 aromatic rings. The van der Waals surface area contributed by atoms with Crippen LogP contribution in [0, 0.1) is 13.8 Å². The average molecular weight is 338 g/mol. The largest absolute Gasteiger partial charge is 0.508 e. The van der Waals surface area contributed by atoms with E-state index >= 15 is 0 Å². The standard InChI is InChI=1S/C21H26N2O2/c1-15-5-6-18(21(25)23-10-4-9-22(3)11-12-23)14-19(15)17-7-8-20(24)16(2)13-17/h5-8,13-14,24H,4,9-12H2,1-3H3. The van der Waals surface area contributed by atoms with Crippen molar-refractivity contribution in [2.24, 2.45) is 0 Å². The summed E-state index contributed by atoms with van der Waals surface area (Å²) >= 11 is 0. The molecule has 1 amide bonds. The number of amides is 1. The molecule has 25 heavy (non-hydrogen) atoms. The maximum atomic E-state index is 12.9. The minimum atomic E-state index is 0.104. The highest BCUT2D eigenvalue weighted by atomic mass is 16.3. The first-order valence-corrected chi connectivity index (χ1v) is 8.84. The van der Waals surface area contributed by atoms with E-state index in [0.29, 0.717) is 5.75 Å². The first-order valence-electron chi connectivity index (χ1n) is 8.84. The molecule has 4 nitrogen and oxygen atoms in total. The van der Waals surface area contributed by atoms with Gasteiger partial charge < -0.3 is 14.9 Å². The number of phenols is 1. The van der Waals surface area contributed by atoms with Gasteiger partial charge in [0.2, 0.25) is 0 Å². The third-order valence-corrected chi connectivity index (χ3v) is 5.00. The van der Waals surface area contributed by atoms with Gasteiger partial charge in [0.25, 0.3) is 5.91 Å². The Bertz CT molecular complexity index is 785. The fourth-order valence-corrected chi connectivity index (χ4v) is 3.32. The van der Waals surface area contributed by atoms with E-state index in [4.69, 9.17) is 0 Å². The van der Waals surface area contributed by atoms with E-state index in [1.807, 2.05) is 49.1 Å². The van der Waals surface area contributed by atoms with Crippen molar-refractivity contribution in [2.75, 3.05) is 33.2 Å². The second-order valence-electron chi connectivity index (χ2n) is 6.98. The lowest BCUT2D eigenvalue weighted by molar-refractivity contribution is 0.0763. The molecule has 1 saturated heterocycles. The topological polar surface area (TPSA) is 43.8 Å². The van der Waals surface area contributed by atoms with Gasteiger partial charge in [0.05, 0.1) is 0 Å². The molecule has 0 radical (unpaired) electrons. The van der Waals surface area contributed by atoms with Gasteiger partial charge in [0, 0.05) is 25.2 Å². The van der Waals surface area contributed by atoms with Crippen molar-refractivity contribution in [3.05, 3.63) is 53.1 Å². The lowest BCUT2D eigenvalue weighted by Crippen LogP contribution is -2.34. The van der Waals surface area contributed by atoms with E-state index in [1.165, 1.54) is 0 Å². The minimum absolute atomic E-state index is 0.104. The summed E-state index contributed by atoms with van der Waals surface area (Å²) in [5.41, 5.74) is 4.76. The number of aromatic hydroxyl groups is 1. The molecule has 1 heterocycles. The molecule has 3 rings (SSSR count). The van der Waals surface area contributed by atoms with Gasteiger partial charge in [0.1, 0.15) is 5.75 Å². The number of benzene rings is 2. The van der Waals surface area contributed by atoms with Gasteiger partial charge in [0.15, 0.2) is 0 Å². The molecule has 0 aromatic heterocycles. The second-order valence-corrected chi connectivity index (χ2v) is 6.98. The molecule has 2 aromatic carbocycles. The van der Waals surface area contributed by atoms with Crippen LogP contribution in [0.25, 0.3) is 11.1 Å². The van der Waals surface area contributed by atoms with Crippen LogP contribution >= 0.6 is 0 Å². The molecular formula is C21H26N2O2. The Morgan fingerprint density at radius 1 is 0.960 bits per heavy atom. The van der Waals surface area contributed by atoms with Crippen LogP contribution in [0.15, 0.2) is 36.4 Å². The Morgan fingerprint density at radius 2 is 1.76 bits per heavy atom. The highest BCUT2D eigenvalue weighted by molar-refractivity contribution is 5.96. The average Bonchev–Trinajstić information content (AvgIpc) is 2.82. The van der Waals surface area contributed by atoms with E-state index < -0.39 is 0 Å². The van der Waals surface area contributed by atoms with Crippen molar-refractivity contribution < 1.29 is 9.90 Å². The minimum Gasteiger partial charge on any atom is -0.508 e.